The van der Waals surface area contributed by atoms with Gasteiger partial charge >= 0.3 is 5.97 Å². The van der Waals surface area contributed by atoms with Crippen molar-refractivity contribution < 1.29 is 33.6 Å². The highest BCUT2D eigenvalue weighted by molar-refractivity contribution is 5.78. The Morgan fingerprint density at radius 3 is 2.36 bits per heavy atom. The van der Waals surface area contributed by atoms with Crippen LogP contribution < -0.4 is 19.6 Å². The first-order chi connectivity index (χ1) is 17.5. The number of carboxylic acids is 1. The fourth-order valence-electron chi connectivity index (χ4n) is 5.32. The summed E-state index contributed by atoms with van der Waals surface area (Å²) in [4.78, 5) is 27.6. The molecule has 0 aromatic heterocycles. The molecule has 3 aliphatic heterocycles. The molecule has 0 radical (unpaired) electrons. The number of hydrogen-bond acceptors (Lipinski definition) is 8. The second-order valence-corrected chi connectivity index (χ2v) is 9.29. The van der Waals surface area contributed by atoms with Crippen LogP contribution in [0.5, 0.6) is 17.2 Å². The standard InChI is InChI=1S/C26H31N3O7/c1-33-19-5-2-17(3-6-19)20-13-28(15-24(30)27-29-8-10-34-11-9-29)14-21(25(20)26(31)32)18-4-7-22-23(12-18)36-16-35-22/h2-7,12,20-21,25H,8-11,13-16H2,1H3,(H,27,30)(H,31,32). The van der Waals surface area contributed by atoms with Gasteiger partial charge in [-0.05, 0) is 35.4 Å². The Morgan fingerprint density at radius 1 is 1.00 bits per heavy atom. The number of carbonyl (C=O) groups excluding carboxylic acids is 1. The number of piperidine rings is 1. The third-order valence-electron chi connectivity index (χ3n) is 7.09. The number of nitrogens with one attached hydrogen (secondary N) is 1. The highest BCUT2D eigenvalue weighted by Gasteiger charge is 2.43. The van der Waals surface area contributed by atoms with Gasteiger partial charge in [0.25, 0.3) is 0 Å². The van der Waals surface area contributed by atoms with Crippen LogP contribution in [0.25, 0.3) is 0 Å². The summed E-state index contributed by atoms with van der Waals surface area (Å²) < 4.78 is 21.7. The maximum atomic E-state index is 12.9. The summed E-state index contributed by atoms with van der Waals surface area (Å²) in [6, 6.07) is 13.1. The van der Waals surface area contributed by atoms with Crippen molar-refractivity contribution in [3.8, 4) is 17.2 Å². The molecule has 1 amide bonds. The number of benzene rings is 2. The molecule has 36 heavy (non-hydrogen) atoms. The lowest BCUT2D eigenvalue weighted by Crippen LogP contribution is -2.54. The van der Waals surface area contributed by atoms with E-state index in [-0.39, 0.29) is 31.1 Å². The smallest absolute Gasteiger partial charge is 0.307 e. The summed E-state index contributed by atoms with van der Waals surface area (Å²) in [5.41, 5.74) is 4.71. The molecule has 2 N–H and O–H groups in total. The van der Waals surface area contributed by atoms with E-state index < -0.39 is 11.9 Å². The van der Waals surface area contributed by atoms with Gasteiger partial charge in [-0.2, -0.15) is 0 Å². The van der Waals surface area contributed by atoms with Crippen LogP contribution in [0.3, 0.4) is 0 Å². The quantitative estimate of drug-likeness (QED) is 0.590. The fourth-order valence-corrected chi connectivity index (χ4v) is 5.32. The Kier molecular flexibility index (Phi) is 7.26. The van der Waals surface area contributed by atoms with Crippen LogP contribution in [-0.4, -0.2) is 86.7 Å². The van der Waals surface area contributed by atoms with E-state index >= 15 is 0 Å². The number of carboxylic acid groups (broad SMARTS) is 1. The summed E-state index contributed by atoms with van der Waals surface area (Å²) in [5, 5.41) is 12.3. The average Bonchev–Trinajstić information content (AvgIpc) is 3.36. The SMILES string of the molecule is COc1ccc(C2CN(CC(=O)NN3CCOCC3)CC(c3ccc4c(c3)OCO4)C2C(=O)O)cc1. The lowest BCUT2D eigenvalue weighted by Gasteiger charge is -2.42. The van der Waals surface area contributed by atoms with E-state index in [1.54, 1.807) is 7.11 Å². The average molecular weight is 498 g/mol. The van der Waals surface area contributed by atoms with Crippen molar-refractivity contribution in [1.82, 2.24) is 15.3 Å². The molecular formula is C26H31N3O7. The number of rotatable bonds is 7. The van der Waals surface area contributed by atoms with E-state index in [2.05, 4.69) is 5.43 Å². The van der Waals surface area contributed by atoms with Crippen molar-refractivity contribution in [2.24, 2.45) is 5.92 Å². The summed E-state index contributed by atoms with van der Waals surface area (Å²) in [7, 11) is 1.60. The molecule has 3 unspecified atom stereocenters. The van der Waals surface area contributed by atoms with E-state index in [0.717, 1.165) is 11.1 Å². The largest absolute Gasteiger partial charge is 0.497 e. The molecular weight excluding hydrogens is 466 g/mol. The molecule has 0 aliphatic carbocycles. The van der Waals surface area contributed by atoms with E-state index in [0.29, 0.717) is 56.6 Å². The van der Waals surface area contributed by atoms with Crippen LogP contribution in [0.15, 0.2) is 42.5 Å². The van der Waals surface area contributed by atoms with Gasteiger partial charge in [-0.25, -0.2) is 5.01 Å². The van der Waals surface area contributed by atoms with Gasteiger partial charge in [-0.1, -0.05) is 18.2 Å². The molecule has 10 nitrogen and oxygen atoms in total. The van der Waals surface area contributed by atoms with Gasteiger partial charge in [0.05, 0.1) is 32.8 Å². The Morgan fingerprint density at radius 2 is 1.67 bits per heavy atom. The number of aliphatic carboxylic acids is 1. The Labute approximate surface area is 209 Å². The minimum absolute atomic E-state index is 0.122. The van der Waals surface area contributed by atoms with Crippen LogP contribution in [-0.2, 0) is 14.3 Å². The molecule has 2 aromatic carbocycles. The van der Waals surface area contributed by atoms with Gasteiger partial charge in [0.2, 0.25) is 12.7 Å². The maximum Gasteiger partial charge on any atom is 0.307 e. The highest BCUT2D eigenvalue weighted by atomic mass is 16.7. The normalized spacial score (nSPS) is 24.3. The van der Waals surface area contributed by atoms with Crippen LogP contribution in [0.1, 0.15) is 23.0 Å². The van der Waals surface area contributed by atoms with Crippen molar-refractivity contribution in [2.75, 3.05) is 59.8 Å². The summed E-state index contributed by atoms with van der Waals surface area (Å²) in [6.07, 6.45) is 0. The Hall–Kier alpha value is -3.34. The van der Waals surface area contributed by atoms with Gasteiger partial charge in [-0.15, -0.1) is 0 Å². The molecule has 0 saturated carbocycles. The Balaban J connectivity index is 1.43. The van der Waals surface area contributed by atoms with Crippen molar-refractivity contribution in [1.29, 1.82) is 0 Å². The van der Waals surface area contributed by atoms with E-state index in [9.17, 15) is 14.7 Å². The first-order valence-corrected chi connectivity index (χ1v) is 12.1. The summed E-state index contributed by atoms with van der Waals surface area (Å²) in [5.74, 6) is -0.384. The zero-order chi connectivity index (χ0) is 25.1. The minimum atomic E-state index is -0.865. The zero-order valence-electron chi connectivity index (χ0n) is 20.2. The number of ether oxygens (including phenoxy) is 4. The first-order valence-electron chi connectivity index (χ1n) is 12.1. The van der Waals surface area contributed by atoms with E-state index in [1.165, 1.54) is 0 Å². The van der Waals surface area contributed by atoms with Gasteiger partial charge in [0.1, 0.15) is 5.75 Å². The number of likely N-dealkylation sites (tertiary alicyclic amines) is 1. The molecule has 0 bridgehead atoms. The fraction of sp³-hybridized carbons (Fsp3) is 0.462. The maximum absolute atomic E-state index is 12.9. The molecule has 2 aromatic rings. The molecule has 10 heteroatoms. The van der Waals surface area contributed by atoms with Crippen molar-refractivity contribution in [3.05, 3.63) is 53.6 Å². The summed E-state index contributed by atoms with van der Waals surface area (Å²) in [6.45, 7) is 3.63. The number of hydrazine groups is 1. The van der Waals surface area contributed by atoms with Gasteiger partial charge in [0.15, 0.2) is 11.5 Å². The molecule has 2 saturated heterocycles. The van der Waals surface area contributed by atoms with Crippen molar-refractivity contribution in [3.63, 3.8) is 0 Å². The first kappa shape index (κ1) is 24.4. The molecule has 3 heterocycles. The second kappa shape index (κ2) is 10.7. The third-order valence-corrected chi connectivity index (χ3v) is 7.09. The number of carbonyl (C=O) groups is 2. The molecule has 3 atom stereocenters. The topological polar surface area (TPSA) is 110 Å². The summed E-state index contributed by atoms with van der Waals surface area (Å²) >= 11 is 0. The Bertz CT molecular complexity index is 1090. The van der Waals surface area contributed by atoms with Crippen LogP contribution in [0.4, 0.5) is 0 Å². The lowest BCUT2D eigenvalue weighted by molar-refractivity contribution is -0.145. The predicted molar refractivity (Wildman–Crippen MR) is 129 cm³/mol. The molecule has 0 spiro atoms. The van der Waals surface area contributed by atoms with Crippen LogP contribution in [0.2, 0.25) is 0 Å². The minimum Gasteiger partial charge on any atom is -0.497 e. The van der Waals surface area contributed by atoms with Gasteiger partial charge in [-0.3, -0.25) is 19.9 Å². The van der Waals surface area contributed by atoms with Crippen molar-refractivity contribution in [2.45, 2.75) is 11.8 Å². The number of methoxy groups -OCH3 is 1. The lowest BCUT2D eigenvalue weighted by atomic mass is 9.71. The van der Waals surface area contributed by atoms with Crippen molar-refractivity contribution >= 4 is 11.9 Å². The number of amides is 1. The van der Waals surface area contributed by atoms with Crippen LogP contribution in [0, 0.1) is 5.92 Å². The van der Waals surface area contributed by atoms with Crippen LogP contribution >= 0.6 is 0 Å². The number of morpholine rings is 1. The highest BCUT2D eigenvalue weighted by Crippen LogP contribution is 2.44. The molecule has 3 aliphatic rings. The molecule has 2 fully saturated rings. The third kappa shape index (κ3) is 5.25. The number of nitrogens with zero attached hydrogens (tertiary/aromatic N) is 2. The molecule has 192 valence electrons. The monoisotopic (exact) mass is 497 g/mol. The van der Waals surface area contributed by atoms with Gasteiger partial charge in [0, 0.05) is 38.0 Å². The number of hydrogen-bond donors (Lipinski definition) is 2. The zero-order valence-corrected chi connectivity index (χ0v) is 20.2. The second-order valence-electron chi connectivity index (χ2n) is 9.29. The van der Waals surface area contributed by atoms with E-state index in [4.69, 9.17) is 18.9 Å². The van der Waals surface area contributed by atoms with E-state index in [1.807, 2.05) is 52.4 Å². The molecule has 5 rings (SSSR count). The van der Waals surface area contributed by atoms with Gasteiger partial charge < -0.3 is 24.1 Å². The predicted octanol–water partition coefficient (Wildman–Crippen LogP) is 1.67. The number of fused-ring (bicyclic) bond motifs is 1.